The van der Waals surface area contributed by atoms with Crippen molar-refractivity contribution in [3.8, 4) is 0 Å². The maximum Gasteiger partial charge on any atom is 0.100 e. The van der Waals surface area contributed by atoms with Gasteiger partial charge in [-0.2, -0.15) is 0 Å². The summed E-state index contributed by atoms with van der Waals surface area (Å²) in [6, 6.07) is 0. The van der Waals surface area contributed by atoms with Gasteiger partial charge < -0.3 is 11.5 Å². The van der Waals surface area contributed by atoms with Crippen molar-refractivity contribution in [2.24, 2.45) is 11.5 Å². The predicted octanol–water partition coefficient (Wildman–Crippen LogP) is 1.58. The second-order valence-corrected chi connectivity index (χ2v) is 3.17. The molecule has 0 amide bonds. The third-order valence-electron chi connectivity index (χ3n) is 1.94. The lowest BCUT2D eigenvalue weighted by Crippen LogP contribution is -2.05. The van der Waals surface area contributed by atoms with Gasteiger partial charge in [0.25, 0.3) is 0 Å². The van der Waals surface area contributed by atoms with Crippen LogP contribution in [0.25, 0.3) is 0 Å². The first-order chi connectivity index (χ1) is 5.81. The lowest BCUT2D eigenvalue weighted by atomic mass is 10.1. The van der Waals surface area contributed by atoms with Crippen LogP contribution in [0.3, 0.4) is 0 Å². The molecular weight excluding hydrogens is 155 g/mol. The first kappa shape index (κ1) is 11.8. The summed E-state index contributed by atoms with van der Waals surface area (Å²) in [5.74, 6) is 0. The molecule has 0 radical (unpaired) electrons. The Hall–Kier alpha value is -0.150. The zero-order chi connectivity index (χ0) is 9.23. The average molecular weight is 176 g/mol. The van der Waals surface area contributed by atoms with E-state index < -0.39 is 6.17 Å². The van der Waals surface area contributed by atoms with Crippen molar-refractivity contribution >= 4 is 0 Å². The Balaban J connectivity index is 3.04. The summed E-state index contributed by atoms with van der Waals surface area (Å²) in [6.07, 6.45) is 4.42. The molecule has 3 heteroatoms. The van der Waals surface area contributed by atoms with Gasteiger partial charge in [-0.3, -0.25) is 0 Å². The predicted molar refractivity (Wildman–Crippen MR) is 50.7 cm³/mol. The molecule has 0 aromatic rings. The fourth-order valence-electron chi connectivity index (χ4n) is 1.16. The van der Waals surface area contributed by atoms with Crippen molar-refractivity contribution in [3.63, 3.8) is 0 Å². The van der Waals surface area contributed by atoms with Gasteiger partial charge in [-0.05, 0) is 51.6 Å². The Morgan fingerprint density at radius 1 is 0.833 bits per heavy atom. The number of unbranched alkanes of at least 4 members (excludes halogenated alkanes) is 2. The van der Waals surface area contributed by atoms with E-state index in [9.17, 15) is 4.39 Å². The summed E-state index contributed by atoms with van der Waals surface area (Å²) in [4.78, 5) is 0. The van der Waals surface area contributed by atoms with E-state index in [1.54, 1.807) is 0 Å². The minimum atomic E-state index is -0.636. The standard InChI is InChI=1S/C9H21FN2/c10-9(5-1-3-7-11)6-2-4-8-12/h9H,1-8,11-12H2. The largest absolute Gasteiger partial charge is 0.330 e. The van der Waals surface area contributed by atoms with Crippen LogP contribution in [0.4, 0.5) is 4.39 Å². The van der Waals surface area contributed by atoms with Crippen molar-refractivity contribution in [3.05, 3.63) is 0 Å². The molecule has 74 valence electrons. The Labute approximate surface area is 74.5 Å². The van der Waals surface area contributed by atoms with Gasteiger partial charge in [0.1, 0.15) is 6.17 Å². The monoisotopic (exact) mass is 176 g/mol. The van der Waals surface area contributed by atoms with Gasteiger partial charge in [-0.25, -0.2) is 4.39 Å². The second-order valence-electron chi connectivity index (χ2n) is 3.17. The summed E-state index contributed by atoms with van der Waals surface area (Å²) in [5.41, 5.74) is 10.6. The number of alkyl halides is 1. The highest BCUT2D eigenvalue weighted by molar-refractivity contribution is 4.57. The molecule has 0 aliphatic carbocycles. The fourth-order valence-corrected chi connectivity index (χ4v) is 1.16. The molecule has 2 nitrogen and oxygen atoms in total. The second kappa shape index (κ2) is 8.94. The highest BCUT2D eigenvalue weighted by Gasteiger charge is 2.04. The van der Waals surface area contributed by atoms with E-state index in [0.29, 0.717) is 25.9 Å². The molecule has 4 N–H and O–H groups in total. The summed E-state index contributed by atoms with van der Waals surface area (Å²) in [6.45, 7) is 1.35. The van der Waals surface area contributed by atoms with Crippen LogP contribution in [0.2, 0.25) is 0 Å². The van der Waals surface area contributed by atoms with Crippen LogP contribution >= 0.6 is 0 Å². The van der Waals surface area contributed by atoms with Crippen LogP contribution in [0.15, 0.2) is 0 Å². The van der Waals surface area contributed by atoms with E-state index >= 15 is 0 Å². The van der Waals surface area contributed by atoms with Crippen molar-refractivity contribution < 1.29 is 4.39 Å². The van der Waals surface area contributed by atoms with Gasteiger partial charge in [0.2, 0.25) is 0 Å². The van der Waals surface area contributed by atoms with E-state index in [1.165, 1.54) is 0 Å². The van der Waals surface area contributed by atoms with Crippen LogP contribution in [0, 0.1) is 0 Å². The van der Waals surface area contributed by atoms with Gasteiger partial charge in [0, 0.05) is 0 Å². The molecule has 0 aliphatic rings. The van der Waals surface area contributed by atoms with E-state index in [-0.39, 0.29) is 0 Å². The Morgan fingerprint density at radius 2 is 1.25 bits per heavy atom. The average Bonchev–Trinajstić information content (AvgIpc) is 2.06. The minimum Gasteiger partial charge on any atom is -0.330 e. The van der Waals surface area contributed by atoms with E-state index in [2.05, 4.69) is 0 Å². The maximum absolute atomic E-state index is 13.0. The SMILES string of the molecule is NCCCCC(F)CCCCN. The quantitative estimate of drug-likeness (QED) is 0.552. The lowest BCUT2D eigenvalue weighted by molar-refractivity contribution is 0.282. The Bertz CT molecular complexity index is 78.6. The zero-order valence-electron chi connectivity index (χ0n) is 7.77. The number of hydrogen-bond acceptors (Lipinski definition) is 2. The van der Waals surface area contributed by atoms with E-state index in [4.69, 9.17) is 11.5 Å². The molecule has 0 aliphatic heterocycles. The molecule has 0 atom stereocenters. The van der Waals surface area contributed by atoms with Crippen LogP contribution in [-0.4, -0.2) is 19.3 Å². The van der Waals surface area contributed by atoms with Crippen molar-refractivity contribution in [1.29, 1.82) is 0 Å². The molecule has 0 heterocycles. The summed E-state index contributed by atoms with van der Waals surface area (Å²) in [5, 5.41) is 0. The molecule has 0 bridgehead atoms. The van der Waals surface area contributed by atoms with Crippen molar-refractivity contribution in [1.82, 2.24) is 0 Å². The zero-order valence-corrected chi connectivity index (χ0v) is 7.77. The molecule has 0 unspecified atom stereocenters. The van der Waals surface area contributed by atoms with Gasteiger partial charge in [0.15, 0.2) is 0 Å². The van der Waals surface area contributed by atoms with Crippen molar-refractivity contribution in [2.45, 2.75) is 44.7 Å². The first-order valence-corrected chi connectivity index (χ1v) is 4.85. The van der Waals surface area contributed by atoms with Crippen LogP contribution in [0.5, 0.6) is 0 Å². The van der Waals surface area contributed by atoms with Gasteiger partial charge >= 0.3 is 0 Å². The number of halogens is 1. The summed E-state index contributed by atoms with van der Waals surface area (Å²) >= 11 is 0. The smallest absolute Gasteiger partial charge is 0.100 e. The summed E-state index contributed by atoms with van der Waals surface area (Å²) in [7, 11) is 0. The molecule has 12 heavy (non-hydrogen) atoms. The normalized spacial score (nSPS) is 11.0. The van der Waals surface area contributed by atoms with E-state index in [0.717, 1.165) is 25.7 Å². The third-order valence-corrected chi connectivity index (χ3v) is 1.94. The molecule has 0 aromatic carbocycles. The lowest BCUT2D eigenvalue weighted by Gasteiger charge is -2.06. The van der Waals surface area contributed by atoms with Gasteiger partial charge in [-0.15, -0.1) is 0 Å². The van der Waals surface area contributed by atoms with Crippen LogP contribution in [0.1, 0.15) is 38.5 Å². The Kier molecular flexibility index (Phi) is 8.83. The highest BCUT2D eigenvalue weighted by Crippen LogP contribution is 2.11. The van der Waals surface area contributed by atoms with Crippen LogP contribution < -0.4 is 11.5 Å². The molecule has 0 aromatic heterocycles. The van der Waals surface area contributed by atoms with Crippen LogP contribution in [-0.2, 0) is 0 Å². The summed E-state index contributed by atoms with van der Waals surface area (Å²) < 4.78 is 13.0. The van der Waals surface area contributed by atoms with Gasteiger partial charge in [-0.1, -0.05) is 0 Å². The number of nitrogens with two attached hydrogens (primary N) is 2. The Morgan fingerprint density at radius 3 is 1.58 bits per heavy atom. The maximum atomic E-state index is 13.0. The molecule has 0 fully saturated rings. The molecule has 0 spiro atoms. The number of hydrogen-bond donors (Lipinski definition) is 2. The highest BCUT2D eigenvalue weighted by atomic mass is 19.1. The van der Waals surface area contributed by atoms with Gasteiger partial charge in [0.05, 0.1) is 0 Å². The third kappa shape index (κ3) is 7.95. The molecular formula is C9H21FN2. The fraction of sp³-hybridized carbons (Fsp3) is 1.00. The minimum absolute atomic E-state index is 0.636. The molecule has 0 rings (SSSR count). The first-order valence-electron chi connectivity index (χ1n) is 4.85. The molecule has 0 saturated carbocycles. The number of rotatable bonds is 8. The van der Waals surface area contributed by atoms with Crippen molar-refractivity contribution in [2.75, 3.05) is 13.1 Å². The topological polar surface area (TPSA) is 52.0 Å². The molecule has 0 saturated heterocycles. The van der Waals surface area contributed by atoms with E-state index in [1.807, 2.05) is 0 Å².